The molecule has 1 aliphatic carbocycles. The van der Waals surface area contributed by atoms with E-state index in [4.69, 9.17) is 11.6 Å². The Bertz CT molecular complexity index is 813. The molecule has 2 fully saturated rings. The predicted octanol–water partition coefficient (Wildman–Crippen LogP) is 3.78. The fourth-order valence-electron chi connectivity index (χ4n) is 3.71. The van der Waals surface area contributed by atoms with E-state index in [2.05, 4.69) is 10.6 Å². The summed E-state index contributed by atoms with van der Waals surface area (Å²) in [6.45, 7) is 1.91. The summed E-state index contributed by atoms with van der Waals surface area (Å²) >= 11 is 5.62. The van der Waals surface area contributed by atoms with Gasteiger partial charge in [0, 0.05) is 18.7 Å². The van der Waals surface area contributed by atoms with Crippen molar-refractivity contribution in [3.8, 4) is 0 Å². The molecule has 0 bridgehead atoms. The fourth-order valence-corrected chi connectivity index (χ4v) is 3.88. The van der Waals surface area contributed by atoms with Crippen LogP contribution in [0.5, 0.6) is 0 Å². The molecule has 0 radical (unpaired) electrons. The monoisotopic (exact) mass is 439 g/mol. The molecule has 11 heteroatoms. The number of nitrogens with one attached hydrogen (secondary N) is 2. The molecular formula is C18H19ClF5N3O2. The van der Waals surface area contributed by atoms with Gasteiger partial charge in [0.2, 0.25) is 5.91 Å². The van der Waals surface area contributed by atoms with Crippen molar-refractivity contribution in [3.63, 3.8) is 0 Å². The van der Waals surface area contributed by atoms with Gasteiger partial charge in [-0.2, -0.15) is 13.2 Å². The molecule has 1 heterocycles. The van der Waals surface area contributed by atoms with E-state index < -0.39 is 52.8 Å². The molecule has 1 aliphatic heterocycles. The summed E-state index contributed by atoms with van der Waals surface area (Å²) in [5.74, 6) is -4.78. The summed E-state index contributed by atoms with van der Waals surface area (Å²) in [7, 11) is 0. The van der Waals surface area contributed by atoms with E-state index in [0.717, 1.165) is 12.1 Å². The highest BCUT2D eigenvalue weighted by Gasteiger charge is 2.51. The van der Waals surface area contributed by atoms with Crippen LogP contribution < -0.4 is 10.6 Å². The Kier molecular flexibility index (Phi) is 5.93. The minimum Gasteiger partial charge on any atom is -0.353 e. The zero-order chi connectivity index (χ0) is 21.5. The van der Waals surface area contributed by atoms with Gasteiger partial charge in [-0.15, -0.1) is 0 Å². The van der Waals surface area contributed by atoms with Crippen LogP contribution in [0.1, 0.15) is 31.4 Å². The predicted molar refractivity (Wildman–Crippen MR) is 94.1 cm³/mol. The minimum absolute atomic E-state index is 0.188. The smallest absolute Gasteiger partial charge is 0.353 e. The maximum atomic E-state index is 14.6. The molecule has 3 rings (SSSR count). The zero-order valence-corrected chi connectivity index (χ0v) is 16.1. The van der Waals surface area contributed by atoms with E-state index in [-0.39, 0.29) is 37.4 Å². The summed E-state index contributed by atoms with van der Waals surface area (Å²) in [5, 5.41) is 4.33. The van der Waals surface area contributed by atoms with Crippen LogP contribution in [0.4, 0.5) is 26.7 Å². The Balaban J connectivity index is 1.85. The van der Waals surface area contributed by atoms with Gasteiger partial charge in [-0.25, -0.2) is 13.6 Å². The zero-order valence-electron chi connectivity index (χ0n) is 15.3. The molecule has 2 aliphatic rings. The molecule has 29 heavy (non-hydrogen) atoms. The number of piperazine rings is 1. The van der Waals surface area contributed by atoms with Gasteiger partial charge in [-0.3, -0.25) is 4.79 Å². The van der Waals surface area contributed by atoms with E-state index in [0.29, 0.717) is 0 Å². The third-order valence-corrected chi connectivity index (χ3v) is 5.89. The van der Waals surface area contributed by atoms with Crippen molar-refractivity contribution in [3.05, 3.63) is 34.4 Å². The lowest BCUT2D eigenvalue weighted by atomic mass is 9.69. The maximum absolute atomic E-state index is 14.6. The fraction of sp³-hybridized carbons (Fsp3) is 0.556. The highest BCUT2D eigenvalue weighted by atomic mass is 35.5. The molecule has 2 atom stereocenters. The number of halogens is 6. The Labute approximate surface area is 168 Å². The average Bonchev–Trinajstić information content (AvgIpc) is 2.59. The van der Waals surface area contributed by atoms with Crippen LogP contribution in [0, 0.1) is 23.5 Å². The van der Waals surface area contributed by atoms with E-state index in [1.165, 1.54) is 11.8 Å². The van der Waals surface area contributed by atoms with Crippen LogP contribution in [0.25, 0.3) is 0 Å². The van der Waals surface area contributed by atoms with E-state index in [1.54, 1.807) is 0 Å². The summed E-state index contributed by atoms with van der Waals surface area (Å²) < 4.78 is 66.8. The standard InChI is InChI=1S/C18H19ClF5N3O2/c1-8-16(28)25-4-5-27(8)17(29)26-15(9-6-10(7-9)18(22,23)24)11-2-3-12(20)13(19)14(11)21/h2-3,8-10,15H,4-7H2,1H3,(H,25,28)(H,26,29)/t8-,9?,10?,15+/m1/s1. The van der Waals surface area contributed by atoms with Gasteiger partial charge in [-0.05, 0) is 31.7 Å². The van der Waals surface area contributed by atoms with Crippen molar-refractivity contribution in [2.24, 2.45) is 11.8 Å². The number of carbonyl (C=O) groups is 2. The number of rotatable bonds is 3. The van der Waals surface area contributed by atoms with Crippen LogP contribution in [0.2, 0.25) is 5.02 Å². The quantitative estimate of drug-likeness (QED) is 0.556. The highest BCUT2D eigenvalue weighted by Crippen LogP contribution is 2.50. The summed E-state index contributed by atoms with van der Waals surface area (Å²) in [6, 6.07) is -0.690. The van der Waals surface area contributed by atoms with Crippen molar-refractivity contribution in [2.75, 3.05) is 13.1 Å². The number of alkyl halides is 3. The molecule has 1 saturated carbocycles. The van der Waals surface area contributed by atoms with Crippen molar-refractivity contribution >= 4 is 23.5 Å². The number of hydrogen-bond donors (Lipinski definition) is 2. The normalized spacial score (nSPS) is 25.8. The number of nitrogens with zero attached hydrogens (tertiary/aromatic N) is 1. The topological polar surface area (TPSA) is 61.4 Å². The van der Waals surface area contributed by atoms with Gasteiger partial charge in [-0.1, -0.05) is 17.7 Å². The molecule has 0 spiro atoms. The van der Waals surface area contributed by atoms with Crippen molar-refractivity contribution in [1.29, 1.82) is 0 Å². The molecule has 0 aromatic heterocycles. The first kappa shape index (κ1) is 21.6. The third-order valence-electron chi connectivity index (χ3n) is 5.55. The summed E-state index contributed by atoms with van der Waals surface area (Å²) in [4.78, 5) is 25.7. The second kappa shape index (κ2) is 7.97. The molecule has 160 valence electrons. The van der Waals surface area contributed by atoms with Crippen LogP contribution in [0.3, 0.4) is 0 Å². The second-order valence-electron chi connectivity index (χ2n) is 7.32. The lowest BCUT2D eigenvalue weighted by Crippen LogP contribution is -2.59. The Morgan fingerprint density at radius 3 is 2.59 bits per heavy atom. The number of urea groups is 1. The average molecular weight is 440 g/mol. The van der Waals surface area contributed by atoms with E-state index >= 15 is 0 Å². The van der Waals surface area contributed by atoms with Gasteiger partial charge in [0.05, 0.1) is 12.0 Å². The Morgan fingerprint density at radius 1 is 1.31 bits per heavy atom. The van der Waals surface area contributed by atoms with Gasteiger partial charge in [0.15, 0.2) is 0 Å². The van der Waals surface area contributed by atoms with E-state index in [9.17, 15) is 31.5 Å². The SMILES string of the molecule is C[C@@H]1C(=O)NCCN1C(=O)N[C@H](c1ccc(F)c(Cl)c1F)C1CC(C(F)(F)F)C1. The van der Waals surface area contributed by atoms with Gasteiger partial charge in [0.25, 0.3) is 0 Å². The van der Waals surface area contributed by atoms with Gasteiger partial charge in [0.1, 0.15) is 22.7 Å². The first-order valence-corrected chi connectivity index (χ1v) is 9.43. The van der Waals surface area contributed by atoms with Crippen molar-refractivity contribution in [1.82, 2.24) is 15.5 Å². The number of hydrogen-bond acceptors (Lipinski definition) is 2. The lowest BCUT2D eigenvalue weighted by Gasteiger charge is -2.43. The van der Waals surface area contributed by atoms with Crippen molar-refractivity contribution in [2.45, 2.75) is 38.0 Å². The third kappa shape index (κ3) is 4.26. The first-order valence-electron chi connectivity index (χ1n) is 9.05. The Hall–Kier alpha value is -2.10. The van der Waals surface area contributed by atoms with Gasteiger partial charge < -0.3 is 15.5 Å². The molecule has 1 aromatic carbocycles. The van der Waals surface area contributed by atoms with Gasteiger partial charge >= 0.3 is 12.2 Å². The molecule has 5 nitrogen and oxygen atoms in total. The van der Waals surface area contributed by atoms with Crippen molar-refractivity contribution < 1.29 is 31.5 Å². The molecule has 1 saturated heterocycles. The molecule has 0 unspecified atom stereocenters. The molecular weight excluding hydrogens is 421 g/mol. The van der Waals surface area contributed by atoms with Crippen LogP contribution >= 0.6 is 11.6 Å². The number of carbonyl (C=O) groups excluding carboxylic acids is 2. The highest BCUT2D eigenvalue weighted by molar-refractivity contribution is 6.31. The molecule has 2 N–H and O–H groups in total. The molecule has 3 amide bonds. The molecule has 1 aromatic rings. The lowest BCUT2D eigenvalue weighted by molar-refractivity contribution is -0.206. The van der Waals surface area contributed by atoms with E-state index in [1.807, 2.05) is 0 Å². The minimum atomic E-state index is -4.39. The second-order valence-corrected chi connectivity index (χ2v) is 7.70. The summed E-state index contributed by atoms with van der Waals surface area (Å²) in [5.41, 5.74) is -0.190. The van der Waals surface area contributed by atoms with Crippen LogP contribution in [-0.4, -0.2) is 42.1 Å². The summed E-state index contributed by atoms with van der Waals surface area (Å²) in [6.07, 6.45) is -5.00. The maximum Gasteiger partial charge on any atom is 0.391 e. The van der Waals surface area contributed by atoms with Crippen LogP contribution in [0.15, 0.2) is 12.1 Å². The largest absolute Gasteiger partial charge is 0.391 e. The number of amides is 3. The van der Waals surface area contributed by atoms with Crippen LogP contribution in [-0.2, 0) is 4.79 Å². The number of benzene rings is 1. The first-order chi connectivity index (χ1) is 13.5. The Morgan fingerprint density at radius 2 is 1.97 bits per heavy atom.